The van der Waals surface area contributed by atoms with Gasteiger partial charge in [-0.25, -0.2) is 0 Å². The van der Waals surface area contributed by atoms with Crippen LogP contribution in [-0.4, -0.2) is 47.3 Å². The lowest BCUT2D eigenvalue weighted by atomic mass is 9.90. The Hall–Kier alpha value is -1.88. The van der Waals surface area contributed by atoms with Crippen LogP contribution in [-0.2, 0) is 9.59 Å². The standard InChI is InChI=1S/C20H27N3O2/c21-19(24)15-8-11-22(12-9-15)20(25)16-13-18(14-5-2-1-3-6-14)23-10-4-7-17(16)23/h1-3,5-6,15-18H,4,7-13H2,(H2,21,24)/t16-,17+,18-/m0/s1. The second kappa shape index (κ2) is 6.79. The molecule has 3 saturated heterocycles. The van der Waals surface area contributed by atoms with Gasteiger partial charge in [-0.2, -0.15) is 0 Å². The van der Waals surface area contributed by atoms with Crippen LogP contribution in [0.5, 0.6) is 0 Å². The molecular weight excluding hydrogens is 314 g/mol. The highest BCUT2D eigenvalue weighted by atomic mass is 16.2. The molecule has 0 aliphatic carbocycles. The van der Waals surface area contributed by atoms with E-state index in [1.807, 2.05) is 11.0 Å². The number of fused-ring (bicyclic) bond motifs is 1. The predicted molar refractivity (Wildman–Crippen MR) is 95.5 cm³/mol. The monoisotopic (exact) mass is 341 g/mol. The summed E-state index contributed by atoms with van der Waals surface area (Å²) in [4.78, 5) is 29.1. The van der Waals surface area contributed by atoms with Crippen LogP contribution in [0.4, 0.5) is 0 Å². The van der Waals surface area contributed by atoms with Gasteiger partial charge in [0.05, 0.1) is 5.92 Å². The number of carbonyl (C=O) groups excluding carboxylic acids is 2. The van der Waals surface area contributed by atoms with Gasteiger partial charge >= 0.3 is 0 Å². The molecule has 25 heavy (non-hydrogen) atoms. The van der Waals surface area contributed by atoms with Crippen molar-refractivity contribution < 1.29 is 9.59 Å². The van der Waals surface area contributed by atoms with Crippen LogP contribution in [0.25, 0.3) is 0 Å². The van der Waals surface area contributed by atoms with E-state index in [1.165, 1.54) is 12.0 Å². The molecule has 5 nitrogen and oxygen atoms in total. The van der Waals surface area contributed by atoms with E-state index in [1.54, 1.807) is 0 Å². The number of hydrogen-bond donors (Lipinski definition) is 1. The van der Waals surface area contributed by atoms with Gasteiger partial charge in [-0.3, -0.25) is 14.5 Å². The van der Waals surface area contributed by atoms with E-state index in [9.17, 15) is 9.59 Å². The second-order valence-corrected chi connectivity index (χ2v) is 7.72. The summed E-state index contributed by atoms with van der Waals surface area (Å²) in [5, 5.41) is 0. The van der Waals surface area contributed by atoms with Gasteiger partial charge in [-0.1, -0.05) is 30.3 Å². The van der Waals surface area contributed by atoms with Crippen molar-refractivity contribution in [3.8, 4) is 0 Å². The van der Waals surface area contributed by atoms with Crippen molar-refractivity contribution in [2.45, 2.75) is 44.2 Å². The molecule has 0 aromatic heterocycles. The number of nitrogens with zero attached hydrogens (tertiary/aromatic N) is 2. The Morgan fingerprint density at radius 1 is 1.00 bits per heavy atom. The summed E-state index contributed by atoms with van der Waals surface area (Å²) in [6, 6.07) is 11.3. The Morgan fingerprint density at radius 2 is 1.72 bits per heavy atom. The summed E-state index contributed by atoms with van der Waals surface area (Å²) in [6.45, 7) is 2.44. The molecule has 1 aromatic carbocycles. The lowest BCUT2D eigenvalue weighted by molar-refractivity contribution is -0.139. The zero-order valence-corrected chi connectivity index (χ0v) is 14.6. The Balaban J connectivity index is 1.47. The van der Waals surface area contributed by atoms with Gasteiger partial charge in [0.1, 0.15) is 0 Å². The van der Waals surface area contributed by atoms with Crippen LogP contribution in [0, 0.1) is 11.8 Å². The fourth-order valence-electron chi connectivity index (χ4n) is 5.05. The highest BCUT2D eigenvalue weighted by Gasteiger charge is 2.48. The first-order chi connectivity index (χ1) is 12.1. The zero-order valence-electron chi connectivity index (χ0n) is 14.6. The average molecular weight is 341 g/mol. The first-order valence-corrected chi connectivity index (χ1v) is 9.54. The fraction of sp³-hybridized carbons (Fsp3) is 0.600. The molecule has 0 bridgehead atoms. The van der Waals surface area contributed by atoms with Gasteiger partial charge in [0.15, 0.2) is 0 Å². The number of hydrogen-bond acceptors (Lipinski definition) is 3. The maximum atomic E-state index is 13.2. The number of rotatable bonds is 3. The van der Waals surface area contributed by atoms with Gasteiger partial charge in [0.2, 0.25) is 11.8 Å². The van der Waals surface area contributed by atoms with Crippen molar-refractivity contribution in [3.05, 3.63) is 35.9 Å². The van der Waals surface area contributed by atoms with Gasteiger partial charge in [-0.15, -0.1) is 0 Å². The SMILES string of the molecule is NC(=O)C1CCN(C(=O)[C@H]2C[C@@H](c3ccccc3)N3CCC[C@H]23)CC1. The second-order valence-electron chi connectivity index (χ2n) is 7.72. The highest BCUT2D eigenvalue weighted by Crippen LogP contribution is 2.45. The van der Waals surface area contributed by atoms with Gasteiger partial charge in [0, 0.05) is 31.1 Å². The van der Waals surface area contributed by atoms with Gasteiger partial charge in [0.25, 0.3) is 0 Å². The van der Waals surface area contributed by atoms with Crippen molar-refractivity contribution in [3.63, 3.8) is 0 Å². The molecule has 0 saturated carbocycles. The highest BCUT2D eigenvalue weighted by molar-refractivity contribution is 5.81. The van der Waals surface area contributed by atoms with Crippen LogP contribution in [0.15, 0.2) is 30.3 Å². The lowest BCUT2D eigenvalue weighted by Gasteiger charge is -2.33. The quantitative estimate of drug-likeness (QED) is 0.913. The molecule has 134 valence electrons. The number of piperidine rings is 1. The van der Waals surface area contributed by atoms with Gasteiger partial charge < -0.3 is 10.6 Å². The Kier molecular flexibility index (Phi) is 4.50. The molecule has 0 unspecified atom stereocenters. The molecule has 3 heterocycles. The molecule has 2 N–H and O–H groups in total. The fourth-order valence-corrected chi connectivity index (χ4v) is 5.05. The van der Waals surface area contributed by atoms with E-state index >= 15 is 0 Å². The van der Waals surface area contributed by atoms with Crippen molar-refractivity contribution >= 4 is 11.8 Å². The van der Waals surface area contributed by atoms with E-state index in [4.69, 9.17) is 5.73 Å². The van der Waals surface area contributed by atoms with Crippen LogP contribution >= 0.6 is 0 Å². The number of amides is 2. The average Bonchev–Trinajstić information content (AvgIpc) is 3.24. The summed E-state index contributed by atoms with van der Waals surface area (Å²) >= 11 is 0. The van der Waals surface area contributed by atoms with E-state index < -0.39 is 0 Å². The third kappa shape index (κ3) is 3.06. The maximum Gasteiger partial charge on any atom is 0.227 e. The molecule has 0 spiro atoms. The molecule has 3 atom stereocenters. The summed E-state index contributed by atoms with van der Waals surface area (Å²) in [5.41, 5.74) is 6.75. The summed E-state index contributed by atoms with van der Waals surface area (Å²) in [7, 11) is 0. The first kappa shape index (κ1) is 16.6. The third-order valence-corrected chi connectivity index (χ3v) is 6.39. The Bertz CT molecular complexity index is 640. The number of likely N-dealkylation sites (tertiary alicyclic amines) is 1. The summed E-state index contributed by atoms with van der Waals surface area (Å²) in [6.07, 6.45) is 4.65. The predicted octanol–water partition coefficient (Wildman–Crippen LogP) is 1.94. The number of nitrogens with two attached hydrogens (primary N) is 1. The number of benzene rings is 1. The van der Waals surface area contributed by atoms with Crippen LogP contribution in [0.1, 0.15) is 43.7 Å². The molecule has 4 rings (SSSR count). The van der Waals surface area contributed by atoms with Crippen molar-refractivity contribution in [1.82, 2.24) is 9.80 Å². The molecule has 3 aliphatic rings. The van der Waals surface area contributed by atoms with E-state index in [0.717, 1.165) is 19.4 Å². The summed E-state index contributed by atoms with van der Waals surface area (Å²) in [5.74, 6) is 0.0998. The molecule has 3 fully saturated rings. The number of carbonyl (C=O) groups is 2. The molecule has 3 aliphatic heterocycles. The van der Waals surface area contributed by atoms with Crippen LogP contribution in [0.3, 0.4) is 0 Å². The molecule has 5 heteroatoms. The smallest absolute Gasteiger partial charge is 0.227 e. The van der Waals surface area contributed by atoms with Crippen molar-refractivity contribution in [1.29, 1.82) is 0 Å². The third-order valence-electron chi connectivity index (χ3n) is 6.39. The minimum Gasteiger partial charge on any atom is -0.369 e. The lowest BCUT2D eigenvalue weighted by Crippen LogP contribution is -2.46. The van der Waals surface area contributed by atoms with E-state index in [2.05, 4.69) is 29.2 Å². The normalized spacial score (nSPS) is 30.4. The largest absolute Gasteiger partial charge is 0.369 e. The topological polar surface area (TPSA) is 66.6 Å². The summed E-state index contributed by atoms with van der Waals surface area (Å²) < 4.78 is 0. The van der Waals surface area contributed by atoms with E-state index in [-0.39, 0.29) is 17.7 Å². The van der Waals surface area contributed by atoms with Crippen molar-refractivity contribution in [2.24, 2.45) is 17.6 Å². The Morgan fingerprint density at radius 3 is 2.40 bits per heavy atom. The minimum absolute atomic E-state index is 0.0623. The molecular formula is C20H27N3O2. The first-order valence-electron chi connectivity index (χ1n) is 9.54. The van der Waals surface area contributed by atoms with Crippen molar-refractivity contribution in [2.75, 3.05) is 19.6 Å². The molecule has 1 aromatic rings. The van der Waals surface area contributed by atoms with Crippen LogP contribution in [0.2, 0.25) is 0 Å². The van der Waals surface area contributed by atoms with Crippen LogP contribution < -0.4 is 5.73 Å². The Labute approximate surface area is 149 Å². The molecule has 0 radical (unpaired) electrons. The minimum atomic E-state index is -0.223. The number of primary amides is 1. The zero-order chi connectivity index (χ0) is 17.4. The van der Waals surface area contributed by atoms with E-state index in [0.29, 0.717) is 43.9 Å². The van der Waals surface area contributed by atoms with Gasteiger partial charge in [-0.05, 0) is 44.2 Å². The maximum absolute atomic E-state index is 13.2. The molecule has 2 amide bonds.